The maximum absolute atomic E-state index is 5.83. The lowest BCUT2D eigenvalue weighted by atomic mass is 10.2. The number of rotatable bonds is 6. The molecule has 1 aromatic carbocycles. The summed E-state index contributed by atoms with van der Waals surface area (Å²) in [6, 6.07) is 10.4. The van der Waals surface area contributed by atoms with Crippen LogP contribution in [0.5, 0.6) is 0 Å². The fourth-order valence-corrected chi connectivity index (χ4v) is 3.43. The van der Waals surface area contributed by atoms with E-state index in [2.05, 4.69) is 59.7 Å². The molecule has 1 aromatic heterocycles. The number of para-hydroxylation sites is 1. The van der Waals surface area contributed by atoms with Crippen molar-refractivity contribution in [2.45, 2.75) is 33.4 Å². The van der Waals surface area contributed by atoms with Crippen LogP contribution in [0.1, 0.15) is 23.9 Å². The van der Waals surface area contributed by atoms with Gasteiger partial charge in [0.2, 0.25) is 0 Å². The molecule has 7 nitrogen and oxygen atoms in total. The van der Waals surface area contributed by atoms with Crippen LogP contribution in [-0.4, -0.2) is 66.6 Å². The molecule has 1 unspecified atom stereocenters. The van der Waals surface area contributed by atoms with E-state index in [1.54, 1.807) is 0 Å². The molecule has 160 valence electrons. The lowest BCUT2D eigenvalue weighted by Crippen LogP contribution is -2.48. The van der Waals surface area contributed by atoms with Crippen LogP contribution in [0.2, 0.25) is 0 Å². The molecule has 1 aliphatic heterocycles. The van der Waals surface area contributed by atoms with Gasteiger partial charge in [-0.2, -0.15) is 5.10 Å². The van der Waals surface area contributed by atoms with E-state index in [0.717, 1.165) is 61.4 Å². The van der Waals surface area contributed by atoms with Crippen LogP contribution in [0, 0.1) is 13.8 Å². The molecule has 0 bridgehead atoms. The van der Waals surface area contributed by atoms with Gasteiger partial charge >= 0.3 is 0 Å². The Balaban J connectivity index is 0.00000300. The van der Waals surface area contributed by atoms with Gasteiger partial charge in [-0.1, -0.05) is 18.2 Å². The zero-order chi connectivity index (χ0) is 19.9. The first-order valence-corrected chi connectivity index (χ1v) is 10.0. The van der Waals surface area contributed by atoms with Gasteiger partial charge in [-0.05, 0) is 45.5 Å². The number of hydrogen-bond acceptors (Lipinski definition) is 4. The van der Waals surface area contributed by atoms with Gasteiger partial charge in [0.15, 0.2) is 5.96 Å². The van der Waals surface area contributed by atoms with Gasteiger partial charge in [0.05, 0.1) is 30.6 Å². The van der Waals surface area contributed by atoms with Crippen molar-refractivity contribution in [3.63, 3.8) is 0 Å². The number of hydrogen-bond donors (Lipinski definition) is 2. The Morgan fingerprint density at radius 3 is 2.76 bits per heavy atom. The predicted octanol–water partition coefficient (Wildman–Crippen LogP) is 2.49. The molecule has 8 heteroatoms. The normalized spacial score (nSPS) is 17.7. The Labute approximate surface area is 190 Å². The second-order valence-electron chi connectivity index (χ2n) is 7.30. The third-order valence-corrected chi connectivity index (χ3v) is 4.82. The number of nitrogens with zero attached hydrogens (tertiary/aromatic N) is 4. The van der Waals surface area contributed by atoms with E-state index in [0.29, 0.717) is 6.54 Å². The molecule has 1 aliphatic rings. The van der Waals surface area contributed by atoms with Gasteiger partial charge < -0.3 is 20.3 Å². The standard InChI is InChI=1S/C21H32N6O.HI/c1-5-22-21(24-14-19-15-26(4)10-11-28-19)23-13-18-8-6-7-9-20(18)27-17(3)12-16(2)25-27;/h6-9,12,19H,5,10-11,13-15H2,1-4H3,(H2,22,23,24);1H. The van der Waals surface area contributed by atoms with E-state index >= 15 is 0 Å². The van der Waals surface area contributed by atoms with Crippen LogP contribution >= 0.6 is 24.0 Å². The zero-order valence-corrected chi connectivity index (χ0v) is 20.1. The molecule has 2 N–H and O–H groups in total. The number of benzene rings is 1. The average molecular weight is 512 g/mol. The Bertz CT molecular complexity index is 806. The number of guanidine groups is 1. The molecule has 0 amide bonds. The van der Waals surface area contributed by atoms with E-state index < -0.39 is 0 Å². The summed E-state index contributed by atoms with van der Waals surface area (Å²) in [7, 11) is 2.13. The summed E-state index contributed by atoms with van der Waals surface area (Å²) in [6.45, 7) is 11.0. The van der Waals surface area contributed by atoms with E-state index in [1.165, 1.54) is 0 Å². The number of nitrogens with one attached hydrogen (secondary N) is 2. The predicted molar refractivity (Wildman–Crippen MR) is 129 cm³/mol. The molecule has 2 heterocycles. The van der Waals surface area contributed by atoms with E-state index in [-0.39, 0.29) is 30.1 Å². The van der Waals surface area contributed by atoms with Crippen LogP contribution in [0.3, 0.4) is 0 Å². The number of likely N-dealkylation sites (N-methyl/N-ethyl adjacent to an activating group) is 1. The van der Waals surface area contributed by atoms with Crippen molar-refractivity contribution < 1.29 is 4.74 Å². The van der Waals surface area contributed by atoms with Crippen molar-refractivity contribution in [1.29, 1.82) is 0 Å². The fourth-order valence-electron chi connectivity index (χ4n) is 3.43. The number of ether oxygens (including phenoxy) is 1. The molecule has 1 saturated heterocycles. The molecule has 0 radical (unpaired) electrons. The van der Waals surface area contributed by atoms with Crippen LogP contribution in [0.4, 0.5) is 0 Å². The Morgan fingerprint density at radius 2 is 2.07 bits per heavy atom. The summed E-state index contributed by atoms with van der Waals surface area (Å²) in [6.07, 6.45) is 0.185. The maximum Gasteiger partial charge on any atom is 0.191 e. The first kappa shape index (κ1) is 23.6. The fraction of sp³-hybridized carbons (Fsp3) is 0.524. The Morgan fingerprint density at radius 1 is 1.28 bits per heavy atom. The van der Waals surface area contributed by atoms with Gasteiger partial charge in [-0.25, -0.2) is 9.67 Å². The summed E-state index contributed by atoms with van der Waals surface area (Å²) in [4.78, 5) is 7.09. The monoisotopic (exact) mass is 512 g/mol. The highest BCUT2D eigenvalue weighted by Gasteiger charge is 2.17. The third kappa shape index (κ3) is 6.68. The average Bonchev–Trinajstić information content (AvgIpc) is 3.02. The summed E-state index contributed by atoms with van der Waals surface area (Å²) < 4.78 is 7.83. The minimum Gasteiger partial charge on any atom is -0.374 e. The third-order valence-electron chi connectivity index (χ3n) is 4.82. The SMILES string of the molecule is CCNC(=NCc1ccccc1-n1nc(C)cc1C)NCC1CN(C)CCO1.I. The lowest BCUT2D eigenvalue weighted by molar-refractivity contribution is -0.0161. The summed E-state index contributed by atoms with van der Waals surface area (Å²) in [5.74, 6) is 0.808. The van der Waals surface area contributed by atoms with Crippen LogP contribution < -0.4 is 10.6 Å². The van der Waals surface area contributed by atoms with Crippen molar-refractivity contribution in [2.75, 3.05) is 39.8 Å². The van der Waals surface area contributed by atoms with Crippen LogP contribution in [0.15, 0.2) is 35.3 Å². The van der Waals surface area contributed by atoms with Crippen LogP contribution in [0.25, 0.3) is 5.69 Å². The zero-order valence-electron chi connectivity index (χ0n) is 17.8. The number of morpholine rings is 1. The molecule has 0 spiro atoms. The highest BCUT2D eigenvalue weighted by molar-refractivity contribution is 14.0. The van der Waals surface area contributed by atoms with Crippen molar-refractivity contribution >= 4 is 29.9 Å². The second kappa shape index (κ2) is 11.5. The number of aliphatic imine (C=N–C) groups is 1. The molecule has 3 rings (SSSR count). The van der Waals surface area contributed by atoms with E-state index in [1.807, 2.05) is 23.7 Å². The highest BCUT2D eigenvalue weighted by atomic mass is 127. The molecular weight excluding hydrogens is 479 g/mol. The van der Waals surface area contributed by atoms with Gasteiger partial charge in [0.25, 0.3) is 0 Å². The summed E-state index contributed by atoms with van der Waals surface area (Å²) in [5.41, 5.74) is 4.35. The van der Waals surface area contributed by atoms with Gasteiger partial charge in [0.1, 0.15) is 0 Å². The molecular formula is C21H33IN6O. The van der Waals surface area contributed by atoms with E-state index in [9.17, 15) is 0 Å². The highest BCUT2D eigenvalue weighted by Crippen LogP contribution is 2.17. The molecule has 1 fully saturated rings. The Hall–Kier alpha value is -1.65. The number of halogens is 1. The maximum atomic E-state index is 5.83. The largest absolute Gasteiger partial charge is 0.374 e. The lowest BCUT2D eigenvalue weighted by Gasteiger charge is -2.30. The minimum absolute atomic E-state index is 0. The van der Waals surface area contributed by atoms with Crippen LogP contribution in [-0.2, 0) is 11.3 Å². The van der Waals surface area contributed by atoms with Crippen molar-refractivity contribution in [3.8, 4) is 5.69 Å². The summed E-state index contributed by atoms with van der Waals surface area (Å²) in [5, 5.41) is 11.4. The molecule has 1 atom stereocenters. The van der Waals surface area contributed by atoms with Crippen molar-refractivity contribution in [2.24, 2.45) is 4.99 Å². The van der Waals surface area contributed by atoms with Gasteiger partial charge in [0, 0.05) is 31.9 Å². The van der Waals surface area contributed by atoms with Crippen molar-refractivity contribution in [1.82, 2.24) is 25.3 Å². The van der Waals surface area contributed by atoms with Crippen molar-refractivity contribution in [3.05, 3.63) is 47.3 Å². The number of aromatic nitrogens is 2. The molecule has 0 saturated carbocycles. The topological polar surface area (TPSA) is 66.7 Å². The smallest absolute Gasteiger partial charge is 0.191 e. The first-order valence-electron chi connectivity index (χ1n) is 10.0. The van der Waals surface area contributed by atoms with Gasteiger partial charge in [-0.15, -0.1) is 24.0 Å². The van der Waals surface area contributed by atoms with Gasteiger partial charge in [-0.3, -0.25) is 0 Å². The first-order chi connectivity index (χ1) is 13.6. The number of aryl methyl sites for hydroxylation is 2. The molecule has 2 aromatic rings. The quantitative estimate of drug-likeness (QED) is 0.354. The Kier molecular flexibility index (Phi) is 9.38. The summed E-state index contributed by atoms with van der Waals surface area (Å²) >= 11 is 0. The minimum atomic E-state index is 0. The molecule has 29 heavy (non-hydrogen) atoms. The van der Waals surface area contributed by atoms with E-state index in [4.69, 9.17) is 9.73 Å². The second-order valence-corrected chi connectivity index (χ2v) is 7.30. The molecule has 0 aliphatic carbocycles.